The zero-order valence-corrected chi connectivity index (χ0v) is 17.7. The van der Waals surface area contributed by atoms with Gasteiger partial charge in [-0.2, -0.15) is 4.31 Å². The number of carbonyl (C=O) groups excluding carboxylic acids is 1. The van der Waals surface area contributed by atoms with Gasteiger partial charge in [0.2, 0.25) is 10.0 Å². The first kappa shape index (κ1) is 21.5. The molecule has 156 valence electrons. The standard InChI is InChI=1S/C20H22ClFN2O4S/c1-13-6-3-4-11-24(13)29(26,27)18-12-14(9-10-17(18)28-2)20(25)23-16-8-5-7-15(21)19(16)22/h5,7-10,12-13H,3-4,6,11H2,1-2H3,(H,23,25). The number of rotatable bonds is 5. The lowest BCUT2D eigenvalue weighted by Crippen LogP contribution is -2.42. The molecule has 1 fully saturated rings. The van der Waals surface area contributed by atoms with Crippen molar-refractivity contribution < 1.29 is 22.3 Å². The molecule has 0 aromatic heterocycles. The quantitative estimate of drug-likeness (QED) is 0.751. The molecule has 1 heterocycles. The van der Waals surface area contributed by atoms with Gasteiger partial charge in [0.05, 0.1) is 17.8 Å². The number of hydrogen-bond acceptors (Lipinski definition) is 4. The van der Waals surface area contributed by atoms with Crippen molar-refractivity contribution in [3.63, 3.8) is 0 Å². The first-order valence-electron chi connectivity index (χ1n) is 9.21. The van der Waals surface area contributed by atoms with Crippen molar-refractivity contribution >= 4 is 33.2 Å². The number of carbonyl (C=O) groups is 1. The number of ether oxygens (including phenoxy) is 1. The van der Waals surface area contributed by atoms with Crippen LogP contribution in [0.4, 0.5) is 10.1 Å². The highest BCUT2D eigenvalue weighted by molar-refractivity contribution is 7.89. The highest BCUT2D eigenvalue weighted by Gasteiger charge is 2.33. The number of nitrogens with zero attached hydrogens (tertiary/aromatic N) is 1. The van der Waals surface area contributed by atoms with Crippen LogP contribution in [0.25, 0.3) is 0 Å². The van der Waals surface area contributed by atoms with Gasteiger partial charge in [-0.3, -0.25) is 4.79 Å². The average molecular weight is 441 g/mol. The highest BCUT2D eigenvalue weighted by Crippen LogP contribution is 2.32. The predicted molar refractivity (Wildman–Crippen MR) is 110 cm³/mol. The molecule has 1 aliphatic heterocycles. The van der Waals surface area contributed by atoms with Crippen molar-refractivity contribution in [1.82, 2.24) is 4.31 Å². The van der Waals surface area contributed by atoms with E-state index < -0.39 is 21.7 Å². The van der Waals surface area contributed by atoms with E-state index in [0.717, 1.165) is 19.3 Å². The zero-order chi connectivity index (χ0) is 21.2. The predicted octanol–water partition coefficient (Wildman–Crippen LogP) is 4.30. The highest BCUT2D eigenvalue weighted by atomic mass is 35.5. The molecule has 0 radical (unpaired) electrons. The number of nitrogens with one attached hydrogen (secondary N) is 1. The van der Waals surface area contributed by atoms with Crippen LogP contribution in [0.5, 0.6) is 5.75 Å². The van der Waals surface area contributed by atoms with Crippen LogP contribution in [0, 0.1) is 5.82 Å². The Hall–Kier alpha value is -2.16. The second-order valence-electron chi connectivity index (χ2n) is 6.88. The van der Waals surface area contributed by atoms with Gasteiger partial charge in [0.1, 0.15) is 10.6 Å². The van der Waals surface area contributed by atoms with E-state index in [9.17, 15) is 17.6 Å². The monoisotopic (exact) mass is 440 g/mol. The summed E-state index contributed by atoms with van der Waals surface area (Å²) in [6.45, 7) is 2.28. The lowest BCUT2D eigenvalue weighted by atomic mass is 10.1. The summed E-state index contributed by atoms with van der Waals surface area (Å²) in [4.78, 5) is 12.5. The van der Waals surface area contributed by atoms with E-state index in [1.807, 2.05) is 6.92 Å². The molecule has 6 nitrogen and oxygen atoms in total. The number of methoxy groups -OCH3 is 1. The normalized spacial score (nSPS) is 17.7. The van der Waals surface area contributed by atoms with E-state index in [1.165, 1.54) is 47.8 Å². The molecule has 29 heavy (non-hydrogen) atoms. The number of sulfonamides is 1. The van der Waals surface area contributed by atoms with E-state index in [1.54, 1.807) is 0 Å². The maximum atomic E-state index is 14.1. The Labute approximate surface area is 174 Å². The van der Waals surface area contributed by atoms with Gasteiger partial charge in [-0.1, -0.05) is 24.1 Å². The molecular formula is C20H22ClFN2O4S. The smallest absolute Gasteiger partial charge is 0.255 e. The number of hydrogen-bond donors (Lipinski definition) is 1. The molecule has 2 aromatic carbocycles. The fourth-order valence-electron chi connectivity index (χ4n) is 3.37. The van der Waals surface area contributed by atoms with Gasteiger partial charge in [-0.25, -0.2) is 12.8 Å². The van der Waals surface area contributed by atoms with Crippen LogP contribution in [-0.2, 0) is 10.0 Å². The molecule has 3 rings (SSSR count). The Kier molecular flexibility index (Phi) is 6.45. The number of halogens is 2. The Balaban J connectivity index is 1.96. The molecule has 1 amide bonds. The lowest BCUT2D eigenvalue weighted by Gasteiger charge is -2.32. The minimum atomic E-state index is -3.86. The van der Waals surface area contributed by atoms with Gasteiger partial charge < -0.3 is 10.1 Å². The summed E-state index contributed by atoms with van der Waals surface area (Å²) >= 11 is 5.74. The van der Waals surface area contributed by atoms with Crippen molar-refractivity contribution in [2.75, 3.05) is 19.0 Å². The van der Waals surface area contributed by atoms with Crippen molar-refractivity contribution in [2.45, 2.75) is 37.1 Å². The molecule has 1 aliphatic rings. The van der Waals surface area contributed by atoms with Gasteiger partial charge in [0.25, 0.3) is 5.91 Å². The molecule has 2 aromatic rings. The van der Waals surface area contributed by atoms with E-state index in [0.29, 0.717) is 6.54 Å². The third-order valence-electron chi connectivity index (χ3n) is 4.95. The number of amides is 1. The van der Waals surface area contributed by atoms with Crippen molar-refractivity contribution in [2.24, 2.45) is 0 Å². The Bertz CT molecular complexity index is 1030. The molecule has 1 unspecified atom stereocenters. The SMILES string of the molecule is COc1ccc(C(=O)Nc2cccc(Cl)c2F)cc1S(=O)(=O)N1CCCCC1C. The summed E-state index contributed by atoms with van der Waals surface area (Å²) in [5.74, 6) is -1.27. The minimum absolute atomic E-state index is 0.0633. The molecule has 0 spiro atoms. The van der Waals surface area contributed by atoms with E-state index in [4.69, 9.17) is 16.3 Å². The summed E-state index contributed by atoms with van der Waals surface area (Å²) in [5, 5.41) is 2.30. The summed E-state index contributed by atoms with van der Waals surface area (Å²) < 4.78 is 47.2. The first-order valence-corrected chi connectivity index (χ1v) is 11.0. The largest absolute Gasteiger partial charge is 0.495 e. The second kappa shape index (κ2) is 8.69. The van der Waals surface area contributed by atoms with E-state index in [2.05, 4.69) is 5.32 Å². The minimum Gasteiger partial charge on any atom is -0.495 e. The van der Waals surface area contributed by atoms with E-state index >= 15 is 0 Å². The number of anilines is 1. The summed E-state index contributed by atoms with van der Waals surface area (Å²) in [6.07, 6.45) is 2.52. The lowest BCUT2D eigenvalue weighted by molar-refractivity contribution is 0.102. The number of piperidine rings is 1. The molecular weight excluding hydrogens is 419 g/mol. The summed E-state index contributed by atoms with van der Waals surface area (Å²) in [5.41, 5.74) is -0.0270. The average Bonchev–Trinajstić information content (AvgIpc) is 2.71. The molecule has 1 atom stereocenters. The maximum absolute atomic E-state index is 14.1. The van der Waals surface area contributed by atoms with Crippen molar-refractivity contribution in [3.05, 3.63) is 52.8 Å². The number of benzene rings is 2. The Morgan fingerprint density at radius 3 is 2.72 bits per heavy atom. The molecule has 0 aliphatic carbocycles. The molecule has 0 bridgehead atoms. The van der Waals surface area contributed by atoms with Crippen molar-refractivity contribution in [1.29, 1.82) is 0 Å². The molecule has 9 heteroatoms. The Morgan fingerprint density at radius 1 is 1.28 bits per heavy atom. The molecule has 1 saturated heterocycles. The van der Waals surface area contributed by atoms with E-state index in [-0.39, 0.29) is 33.0 Å². The van der Waals surface area contributed by atoms with Gasteiger partial charge in [0.15, 0.2) is 5.82 Å². The summed E-state index contributed by atoms with van der Waals surface area (Å²) in [7, 11) is -2.49. The molecule has 0 saturated carbocycles. The van der Waals surface area contributed by atoms with Crippen LogP contribution < -0.4 is 10.1 Å². The fraction of sp³-hybridized carbons (Fsp3) is 0.350. The van der Waals surface area contributed by atoms with Gasteiger partial charge in [-0.15, -0.1) is 0 Å². The van der Waals surface area contributed by atoms with Crippen LogP contribution >= 0.6 is 11.6 Å². The maximum Gasteiger partial charge on any atom is 0.255 e. The fourth-order valence-corrected chi connectivity index (χ4v) is 5.43. The van der Waals surface area contributed by atoms with Gasteiger partial charge in [-0.05, 0) is 50.1 Å². The van der Waals surface area contributed by atoms with Gasteiger partial charge in [0, 0.05) is 18.2 Å². The zero-order valence-electron chi connectivity index (χ0n) is 16.1. The topological polar surface area (TPSA) is 75.7 Å². The van der Waals surface area contributed by atoms with Crippen molar-refractivity contribution in [3.8, 4) is 5.75 Å². The third-order valence-corrected chi connectivity index (χ3v) is 7.28. The first-order chi connectivity index (χ1) is 13.8. The van der Waals surface area contributed by atoms with Crippen LogP contribution in [0.2, 0.25) is 5.02 Å². The van der Waals surface area contributed by atoms with Crippen LogP contribution in [0.1, 0.15) is 36.5 Å². The Morgan fingerprint density at radius 2 is 2.03 bits per heavy atom. The van der Waals surface area contributed by atoms with Crippen LogP contribution in [0.3, 0.4) is 0 Å². The third kappa shape index (κ3) is 4.39. The van der Waals surface area contributed by atoms with Crippen LogP contribution in [0.15, 0.2) is 41.3 Å². The molecule has 1 N–H and O–H groups in total. The van der Waals surface area contributed by atoms with Crippen LogP contribution in [-0.4, -0.2) is 38.3 Å². The summed E-state index contributed by atoms with van der Waals surface area (Å²) in [6, 6.07) is 8.20. The van der Waals surface area contributed by atoms with Gasteiger partial charge >= 0.3 is 0 Å². The second-order valence-corrected chi connectivity index (χ2v) is 9.15.